The third-order valence-corrected chi connectivity index (χ3v) is 1.07. The first kappa shape index (κ1) is 8.58. The summed E-state index contributed by atoms with van der Waals surface area (Å²) in [7, 11) is 0. The second-order valence-electron chi connectivity index (χ2n) is 2.07. The van der Waals surface area contributed by atoms with Crippen molar-refractivity contribution in [2.75, 3.05) is 0 Å². The minimum Gasteiger partial charge on any atom is -0.406 e. The SMILES string of the molecule is CC(=O)Oc1cnc(CF)cn1. The summed E-state index contributed by atoms with van der Waals surface area (Å²) >= 11 is 0. The van der Waals surface area contributed by atoms with Crippen LogP contribution < -0.4 is 4.74 Å². The summed E-state index contributed by atoms with van der Waals surface area (Å²) in [5.41, 5.74) is 0.214. The van der Waals surface area contributed by atoms with Crippen LogP contribution in [0, 0.1) is 0 Å². The van der Waals surface area contributed by atoms with Gasteiger partial charge in [-0.25, -0.2) is 9.37 Å². The smallest absolute Gasteiger partial charge is 0.309 e. The number of rotatable bonds is 2. The van der Waals surface area contributed by atoms with Crippen molar-refractivity contribution in [3.05, 3.63) is 18.1 Å². The lowest BCUT2D eigenvalue weighted by Crippen LogP contribution is -2.03. The maximum atomic E-state index is 11.9. The molecule has 12 heavy (non-hydrogen) atoms. The standard InChI is InChI=1S/C7H7FN2O2/c1-5(11)12-7-4-9-6(2-8)3-10-7/h3-4H,2H2,1H3. The Balaban J connectivity index is 2.71. The van der Waals surface area contributed by atoms with E-state index in [-0.39, 0.29) is 11.6 Å². The van der Waals surface area contributed by atoms with E-state index in [2.05, 4.69) is 14.7 Å². The van der Waals surface area contributed by atoms with E-state index in [1.54, 1.807) is 0 Å². The molecule has 0 saturated carbocycles. The fourth-order valence-corrected chi connectivity index (χ4v) is 0.612. The van der Waals surface area contributed by atoms with Crippen LogP contribution >= 0.6 is 0 Å². The number of hydrogen-bond acceptors (Lipinski definition) is 4. The van der Waals surface area contributed by atoms with Crippen LogP contribution in [0.15, 0.2) is 12.4 Å². The minimum absolute atomic E-state index is 0.0831. The Labute approximate surface area is 68.4 Å². The fraction of sp³-hybridized carbons (Fsp3) is 0.286. The van der Waals surface area contributed by atoms with Crippen LogP contribution in [0.3, 0.4) is 0 Å². The van der Waals surface area contributed by atoms with Crippen LogP contribution in [0.2, 0.25) is 0 Å². The van der Waals surface area contributed by atoms with Crippen molar-refractivity contribution in [2.24, 2.45) is 0 Å². The van der Waals surface area contributed by atoms with E-state index in [1.165, 1.54) is 19.3 Å². The largest absolute Gasteiger partial charge is 0.406 e. The molecule has 64 valence electrons. The number of alkyl halides is 1. The van der Waals surface area contributed by atoms with Crippen molar-refractivity contribution >= 4 is 5.97 Å². The van der Waals surface area contributed by atoms with Crippen molar-refractivity contribution in [3.8, 4) is 5.88 Å². The zero-order valence-corrected chi connectivity index (χ0v) is 6.45. The normalized spacial score (nSPS) is 9.50. The topological polar surface area (TPSA) is 52.1 Å². The average Bonchev–Trinajstić information content (AvgIpc) is 2.05. The lowest BCUT2D eigenvalue weighted by atomic mass is 10.5. The monoisotopic (exact) mass is 170 g/mol. The number of carbonyl (C=O) groups excluding carboxylic acids is 1. The van der Waals surface area contributed by atoms with Gasteiger partial charge in [-0.2, -0.15) is 0 Å². The summed E-state index contributed by atoms with van der Waals surface area (Å²) in [6, 6.07) is 0. The molecule has 0 bridgehead atoms. The zero-order chi connectivity index (χ0) is 8.97. The minimum atomic E-state index is -0.673. The molecule has 0 atom stereocenters. The maximum Gasteiger partial charge on any atom is 0.309 e. The number of carbonyl (C=O) groups is 1. The summed E-state index contributed by atoms with van der Waals surface area (Å²) in [5.74, 6) is -0.392. The number of aromatic nitrogens is 2. The van der Waals surface area contributed by atoms with Gasteiger partial charge < -0.3 is 4.74 Å². The van der Waals surface area contributed by atoms with E-state index in [0.29, 0.717) is 0 Å². The van der Waals surface area contributed by atoms with Crippen molar-refractivity contribution in [2.45, 2.75) is 13.6 Å². The lowest BCUT2D eigenvalue weighted by Gasteiger charge is -1.98. The molecular formula is C7H7FN2O2. The predicted octanol–water partition coefficient (Wildman–Crippen LogP) is 0.871. The quantitative estimate of drug-likeness (QED) is 0.618. The van der Waals surface area contributed by atoms with Gasteiger partial charge in [0, 0.05) is 6.92 Å². The average molecular weight is 170 g/mol. The molecule has 0 aliphatic heterocycles. The number of halogens is 1. The third-order valence-electron chi connectivity index (χ3n) is 1.07. The number of esters is 1. The van der Waals surface area contributed by atoms with E-state index in [9.17, 15) is 9.18 Å². The fourth-order valence-electron chi connectivity index (χ4n) is 0.612. The van der Waals surface area contributed by atoms with Crippen molar-refractivity contribution in [1.29, 1.82) is 0 Å². The van der Waals surface area contributed by atoms with Gasteiger partial charge in [-0.05, 0) is 0 Å². The molecule has 5 heteroatoms. The van der Waals surface area contributed by atoms with Crippen LogP contribution in [-0.2, 0) is 11.5 Å². The second-order valence-corrected chi connectivity index (χ2v) is 2.07. The van der Waals surface area contributed by atoms with Crippen LogP contribution in [0.5, 0.6) is 5.88 Å². The van der Waals surface area contributed by atoms with Crippen molar-refractivity contribution < 1.29 is 13.9 Å². The van der Waals surface area contributed by atoms with Crippen LogP contribution in [-0.4, -0.2) is 15.9 Å². The van der Waals surface area contributed by atoms with Crippen LogP contribution in [0.25, 0.3) is 0 Å². The summed E-state index contributed by atoms with van der Waals surface area (Å²) in [6.07, 6.45) is 2.43. The Morgan fingerprint density at radius 3 is 2.75 bits per heavy atom. The summed E-state index contributed by atoms with van der Waals surface area (Å²) < 4.78 is 16.5. The molecule has 0 aliphatic carbocycles. The zero-order valence-electron chi connectivity index (χ0n) is 6.45. The Morgan fingerprint density at radius 1 is 1.58 bits per heavy atom. The maximum absolute atomic E-state index is 11.9. The summed E-state index contributed by atoms with van der Waals surface area (Å²) in [6.45, 7) is 0.581. The van der Waals surface area contributed by atoms with E-state index >= 15 is 0 Å². The number of nitrogens with zero attached hydrogens (tertiary/aromatic N) is 2. The Hall–Kier alpha value is -1.52. The molecule has 0 radical (unpaired) electrons. The van der Waals surface area contributed by atoms with Gasteiger partial charge in [-0.1, -0.05) is 0 Å². The number of hydrogen-bond donors (Lipinski definition) is 0. The van der Waals surface area contributed by atoms with Gasteiger partial charge in [-0.3, -0.25) is 9.78 Å². The number of ether oxygens (including phenoxy) is 1. The molecule has 0 spiro atoms. The highest BCUT2D eigenvalue weighted by Gasteiger charge is 1.99. The van der Waals surface area contributed by atoms with E-state index in [0.717, 1.165) is 0 Å². The van der Waals surface area contributed by atoms with Crippen LogP contribution in [0.1, 0.15) is 12.6 Å². The van der Waals surface area contributed by atoms with Gasteiger partial charge in [0.15, 0.2) is 0 Å². The summed E-state index contributed by atoms with van der Waals surface area (Å²) in [4.78, 5) is 17.7. The highest BCUT2D eigenvalue weighted by Crippen LogP contribution is 2.04. The van der Waals surface area contributed by atoms with Gasteiger partial charge in [0.2, 0.25) is 5.88 Å². The second kappa shape index (κ2) is 3.75. The van der Waals surface area contributed by atoms with E-state index in [1.807, 2.05) is 0 Å². The predicted molar refractivity (Wildman–Crippen MR) is 38.2 cm³/mol. The molecule has 1 rings (SSSR count). The van der Waals surface area contributed by atoms with Crippen molar-refractivity contribution in [3.63, 3.8) is 0 Å². The third kappa shape index (κ3) is 2.26. The summed E-state index contributed by atoms with van der Waals surface area (Å²) in [5, 5.41) is 0. The first-order valence-electron chi connectivity index (χ1n) is 3.27. The van der Waals surface area contributed by atoms with E-state index in [4.69, 9.17) is 0 Å². The van der Waals surface area contributed by atoms with Gasteiger partial charge in [-0.15, -0.1) is 0 Å². The molecule has 1 aromatic rings. The van der Waals surface area contributed by atoms with Gasteiger partial charge in [0.05, 0.1) is 18.1 Å². The Kier molecular flexibility index (Phi) is 2.68. The Bertz CT molecular complexity index is 273. The molecule has 0 aliphatic rings. The highest BCUT2D eigenvalue weighted by atomic mass is 19.1. The first-order chi connectivity index (χ1) is 5.72. The molecule has 0 N–H and O–H groups in total. The Morgan fingerprint density at radius 2 is 2.33 bits per heavy atom. The molecule has 0 aromatic carbocycles. The van der Waals surface area contributed by atoms with Gasteiger partial charge in [0.25, 0.3) is 0 Å². The lowest BCUT2D eigenvalue weighted by molar-refractivity contribution is -0.132. The molecule has 1 aromatic heterocycles. The molecule has 1 heterocycles. The van der Waals surface area contributed by atoms with E-state index < -0.39 is 12.6 Å². The molecule has 0 amide bonds. The molecule has 4 nitrogen and oxygen atoms in total. The molecule has 0 saturated heterocycles. The van der Waals surface area contributed by atoms with Crippen molar-refractivity contribution in [1.82, 2.24) is 9.97 Å². The molecular weight excluding hydrogens is 163 g/mol. The highest BCUT2D eigenvalue weighted by molar-refractivity contribution is 5.68. The van der Waals surface area contributed by atoms with Crippen LogP contribution in [0.4, 0.5) is 4.39 Å². The van der Waals surface area contributed by atoms with Gasteiger partial charge in [0.1, 0.15) is 6.67 Å². The molecule has 0 unspecified atom stereocenters. The van der Waals surface area contributed by atoms with Gasteiger partial charge >= 0.3 is 5.97 Å². The first-order valence-corrected chi connectivity index (χ1v) is 3.27. The molecule has 0 fully saturated rings.